The first kappa shape index (κ1) is 12.9. The second-order valence-electron chi connectivity index (χ2n) is 4.49. The Labute approximate surface area is 107 Å². The van der Waals surface area contributed by atoms with Crippen molar-refractivity contribution in [2.75, 3.05) is 20.8 Å². The van der Waals surface area contributed by atoms with E-state index in [1.54, 1.807) is 32.4 Å². The van der Waals surface area contributed by atoms with E-state index in [-0.39, 0.29) is 5.78 Å². The van der Waals surface area contributed by atoms with Crippen molar-refractivity contribution in [3.8, 4) is 11.5 Å². The number of carbonyl (C=O) groups excluding carboxylic acids is 1. The molecule has 1 saturated heterocycles. The molecular formula is C14H19NO3. The standard InChI is InChI=1S/C14H19NO3/c1-17-11-5-6-14(18-2)12(9-11)13(16)8-10-4-3-7-15-10/h5-6,9-10,15H,3-4,7-8H2,1-2H3. The fraction of sp³-hybridized carbons (Fsp3) is 0.500. The summed E-state index contributed by atoms with van der Waals surface area (Å²) >= 11 is 0. The van der Waals surface area contributed by atoms with Gasteiger partial charge in [0.15, 0.2) is 5.78 Å². The second-order valence-corrected chi connectivity index (χ2v) is 4.49. The Morgan fingerprint density at radius 2 is 2.22 bits per heavy atom. The smallest absolute Gasteiger partial charge is 0.168 e. The van der Waals surface area contributed by atoms with Gasteiger partial charge >= 0.3 is 0 Å². The van der Waals surface area contributed by atoms with Crippen molar-refractivity contribution < 1.29 is 14.3 Å². The fourth-order valence-corrected chi connectivity index (χ4v) is 2.30. The molecule has 18 heavy (non-hydrogen) atoms. The van der Waals surface area contributed by atoms with E-state index in [1.807, 2.05) is 0 Å². The topological polar surface area (TPSA) is 47.6 Å². The monoisotopic (exact) mass is 249 g/mol. The minimum atomic E-state index is 0.102. The maximum absolute atomic E-state index is 12.3. The first-order chi connectivity index (χ1) is 8.74. The SMILES string of the molecule is COc1ccc(OC)c(C(=O)CC2CCCN2)c1. The lowest BCUT2D eigenvalue weighted by Crippen LogP contribution is -2.24. The van der Waals surface area contributed by atoms with Crippen LogP contribution in [0.5, 0.6) is 11.5 Å². The maximum atomic E-state index is 12.3. The number of ether oxygens (including phenoxy) is 2. The molecule has 1 aromatic carbocycles. The van der Waals surface area contributed by atoms with Gasteiger partial charge < -0.3 is 14.8 Å². The molecule has 1 aliphatic heterocycles. The highest BCUT2D eigenvalue weighted by atomic mass is 16.5. The van der Waals surface area contributed by atoms with Crippen molar-refractivity contribution in [3.05, 3.63) is 23.8 Å². The highest BCUT2D eigenvalue weighted by Crippen LogP contribution is 2.26. The molecule has 2 rings (SSSR count). The molecule has 4 nitrogen and oxygen atoms in total. The van der Waals surface area contributed by atoms with Crippen molar-refractivity contribution in [2.24, 2.45) is 0 Å². The molecule has 0 spiro atoms. The van der Waals surface area contributed by atoms with E-state index in [2.05, 4.69) is 5.32 Å². The average molecular weight is 249 g/mol. The van der Waals surface area contributed by atoms with Gasteiger partial charge in [-0.15, -0.1) is 0 Å². The number of methoxy groups -OCH3 is 2. The molecule has 1 heterocycles. The van der Waals surface area contributed by atoms with Crippen LogP contribution in [0.25, 0.3) is 0 Å². The first-order valence-corrected chi connectivity index (χ1v) is 6.23. The van der Waals surface area contributed by atoms with Crippen molar-refractivity contribution in [1.82, 2.24) is 5.32 Å². The van der Waals surface area contributed by atoms with Gasteiger partial charge in [-0.1, -0.05) is 0 Å². The molecular weight excluding hydrogens is 230 g/mol. The molecule has 1 aromatic rings. The lowest BCUT2D eigenvalue weighted by atomic mass is 10.0. The van der Waals surface area contributed by atoms with Crippen LogP contribution in [-0.4, -0.2) is 32.6 Å². The minimum Gasteiger partial charge on any atom is -0.497 e. The Morgan fingerprint density at radius 3 is 2.83 bits per heavy atom. The summed E-state index contributed by atoms with van der Waals surface area (Å²) in [6.45, 7) is 1.01. The third-order valence-corrected chi connectivity index (χ3v) is 3.30. The van der Waals surface area contributed by atoms with E-state index in [0.717, 1.165) is 19.4 Å². The van der Waals surface area contributed by atoms with Gasteiger partial charge in [-0.2, -0.15) is 0 Å². The molecule has 0 aliphatic carbocycles. The van der Waals surface area contributed by atoms with E-state index in [9.17, 15) is 4.79 Å². The highest BCUT2D eigenvalue weighted by Gasteiger charge is 2.21. The number of rotatable bonds is 5. The van der Waals surface area contributed by atoms with Gasteiger partial charge in [-0.3, -0.25) is 4.79 Å². The van der Waals surface area contributed by atoms with Gasteiger partial charge in [-0.25, -0.2) is 0 Å². The molecule has 4 heteroatoms. The fourth-order valence-electron chi connectivity index (χ4n) is 2.30. The van der Waals surface area contributed by atoms with Crippen molar-refractivity contribution in [3.63, 3.8) is 0 Å². The van der Waals surface area contributed by atoms with E-state index in [1.165, 1.54) is 0 Å². The first-order valence-electron chi connectivity index (χ1n) is 6.23. The van der Waals surface area contributed by atoms with Gasteiger partial charge in [0.25, 0.3) is 0 Å². The zero-order chi connectivity index (χ0) is 13.0. The van der Waals surface area contributed by atoms with Gasteiger partial charge in [0.1, 0.15) is 11.5 Å². The van der Waals surface area contributed by atoms with Crippen LogP contribution in [-0.2, 0) is 0 Å². The summed E-state index contributed by atoms with van der Waals surface area (Å²) < 4.78 is 10.4. The summed E-state index contributed by atoms with van der Waals surface area (Å²) in [7, 11) is 3.17. The van der Waals surface area contributed by atoms with Gasteiger partial charge in [0.05, 0.1) is 19.8 Å². The molecule has 1 N–H and O–H groups in total. The zero-order valence-corrected chi connectivity index (χ0v) is 10.9. The molecule has 1 unspecified atom stereocenters. The zero-order valence-electron chi connectivity index (χ0n) is 10.9. The Bertz CT molecular complexity index is 425. The van der Waals surface area contributed by atoms with Crippen LogP contribution in [0.2, 0.25) is 0 Å². The van der Waals surface area contributed by atoms with Crippen LogP contribution in [0.3, 0.4) is 0 Å². The quantitative estimate of drug-likeness (QED) is 0.811. The normalized spacial score (nSPS) is 18.7. The summed E-state index contributed by atoms with van der Waals surface area (Å²) in [4.78, 5) is 12.3. The predicted molar refractivity (Wildman–Crippen MR) is 69.5 cm³/mol. The van der Waals surface area contributed by atoms with Crippen LogP contribution in [0.1, 0.15) is 29.6 Å². The number of carbonyl (C=O) groups is 1. The van der Waals surface area contributed by atoms with Gasteiger partial charge in [0, 0.05) is 12.5 Å². The van der Waals surface area contributed by atoms with Crippen LogP contribution >= 0.6 is 0 Å². The van der Waals surface area contributed by atoms with Crippen LogP contribution in [0, 0.1) is 0 Å². The number of hydrogen-bond donors (Lipinski definition) is 1. The molecule has 0 aromatic heterocycles. The highest BCUT2D eigenvalue weighted by molar-refractivity contribution is 5.99. The van der Waals surface area contributed by atoms with Crippen molar-refractivity contribution >= 4 is 5.78 Å². The molecule has 0 amide bonds. The Balaban J connectivity index is 2.16. The van der Waals surface area contributed by atoms with E-state index >= 15 is 0 Å². The minimum absolute atomic E-state index is 0.102. The molecule has 0 radical (unpaired) electrons. The largest absolute Gasteiger partial charge is 0.497 e. The number of Topliss-reactive ketones (excluding diaryl/α,β-unsaturated/α-hetero) is 1. The van der Waals surface area contributed by atoms with Crippen molar-refractivity contribution in [1.29, 1.82) is 0 Å². The number of benzene rings is 1. The summed E-state index contributed by atoms with van der Waals surface area (Å²) in [5, 5.41) is 3.33. The summed E-state index contributed by atoms with van der Waals surface area (Å²) in [5.41, 5.74) is 0.602. The third-order valence-electron chi connectivity index (χ3n) is 3.30. The van der Waals surface area contributed by atoms with Gasteiger partial charge in [-0.05, 0) is 37.6 Å². The summed E-state index contributed by atoms with van der Waals surface area (Å²) in [6.07, 6.45) is 2.73. The van der Waals surface area contributed by atoms with E-state index in [0.29, 0.717) is 29.5 Å². The van der Waals surface area contributed by atoms with E-state index in [4.69, 9.17) is 9.47 Å². The third kappa shape index (κ3) is 2.82. The van der Waals surface area contributed by atoms with Gasteiger partial charge in [0.2, 0.25) is 0 Å². The maximum Gasteiger partial charge on any atom is 0.168 e. The molecule has 1 atom stereocenters. The lowest BCUT2D eigenvalue weighted by Gasteiger charge is -2.12. The Kier molecular flexibility index (Phi) is 4.20. The number of hydrogen-bond acceptors (Lipinski definition) is 4. The average Bonchev–Trinajstić information content (AvgIpc) is 2.90. The molecule has 0 bridgehead atoms. The summed E-state index contributed by atoms with van der Waals surface area (Å²) in [5.74, 6) is 1.39. The van der Waals surface area contributed by atoms with Crippen LogP contribution in [0.15, 0.2) is 18.2 Å². The van der Waals surface area contributed by atoms with Crippen LogP contribution in [0.4, 0.5) is 0 Å². The molecule has 1 fully saturated rings. The molecule has 1 aliphatic rings. The second kappa shape index (κ2) is 5.87. The molecule has 0 saturated carbocycles. The van der Waals surface area contributed by atoms with Crippen molar-refractivity contribution in [2.45, 2.75) is 25.3 Å². The van der Waals surface area contributed by atoms with E-state index < -0.39 is 0 Å². The Morgan fingerprint density at radius 1 is 1.39 bits per heavy atom. The number of nitrogens with one attached hydrogen (secondary N) is 1. The Hall–Kier alpha value is -1.55. The number of ketones is 1. The van der Waals surface area contributed by atoms with Crippen LogP contribution < -0.4 is 14.8 Å². The lowest BCUT2D eigenvalue weighted by molar-refractivity contribution is 0.0968. The molecule has 98 valence electrons. The summed E-state index contributed by atoms with van der Waals surface area (Å²) in [6, 6.07) is 5.61. The predicted octanol–water partition coefficient (Wildman–Crippen LogP) is 2.03.